The maximum atomic E-state index is 11.0. The van der Waals surface area contributed by atoms with Crippen molar-refractivity contribution < 1.29 is 9.90 Å². The molecule has 0 radical (unpaired) electrons. The Morgan fingerprint density at radius 1 is 1.19 bits per heavy atom. The van der Waals surface area contributed by atoms with Crippen LogP contribution >= 0.6 is 0 Å². The van der Waals surface area contributed by atoms with Crippen molar-refractivity contribution in [3.05, 3.63) is 23.8 Å². The Hall–Kier alpha value is -1.45. The molecule has 1 aromatic heterocycles. The normalized spacial score (nSPS) is 13.1. The lowest BCUT2D eigenvalue weighted by molar-refractivity contribution is -0.309. The first-order chi connectivity index (χ1) is 7.43. The zero-order valence-electron chi connectivity index (χ0n) is 10.1. The Balaban J connectivity index is 2.99. The van der Waals surface area contributed by atoms with Gasteiger partial charge in [0.05, 0.1) is 0 Å². The third-order valence-corrected chi connectivity index (χ3v) is 2.49. The van der Waals surface area contributed by atoms with Crippen LogP contribution in [0.2, 0.25) is 0 Å². The van der Waals surface area contributed by atoms with Crippen LogP contribution < -0.4 is 5.11 Å². The fourth-order valence-electron chi connectivity index (χ4n) is 1.60. The third kappa shape index (κ3) is 2.78. The molecule has 0 aromatic carbocycles. The summed E-state index contributed by atoms with van der Waals surface area (Å²) in [5.41, 5.74) is 0.611. The van der Waals surface area contributed by atoms with Crippen molar-refractivity contribution in [1.82, 2.24) is 9.97 Å². The van der Waals surface area contributed by atoms with Crippen molar-refractivity contribution in [2.75, 3.05) is 0 Å². The Kier molecular flexibility index (Phi) is 3.99. The summed E-state index contributed by atoms with van der Waals surface area (Å²) in [5, 5.41) is 11.0. The highest BCUT2D eigenvalue weighted by molar-refractivity contribution is 5.74. The summed E-state index contributed by atoms with van der Waals surface area (Å²) >= 11 is 0. The Morgan fingerprint density at radius 2 is 1.69 bits per heavy atom. The van der Waals surface area contributed by atoms with E-state index in [1.165, 1.54) is 0 Å². The molecule has 1 heterocycles. The minimum atomic E-state index is -1.07. The van der Waals surface area contributed by atoms with E-state index in [-0.39, 0.29) is 11.8 Å². The molecule has 16 heavy (non-hydrogen) atoms. The summed E-state index contributed by atoms with van der Waals surface area (Å²) < 4.78 is 0. The van der Waals surface area contributed by atoms with Gasteiger partial charge in [-0.15, -0.1) is 0 Å². The molecule has 0 saturated carbocycles. The van der Waals surface area contributed by atoms with Crippen molar-refractivity contribution >= 4 is 5.97 Å². The summed E-state index contributed by atoms with van der Waals surface area (Å²) in [5.74, 6) is -0.769. The van der Waals surface area contributed by atoms with Gasteiger partial charge in [-0.1, -0.05) is 27.7 Å². The quantitative estimate of drug-likeness (QED) is 0.763. The van der Waals surface area contributed by atoms with E-state index in [0.29, 0.717) is 5.56 Å². The van der Waals surface area contributed by atoms with Crippen molar-refractivity contribution in [2.45, 2.75) is 39.5 Å². The smallest absolute Gasteiger partial charge is 0.130 e. The highest BCUT2D eigenvalue weighted by atomic mass is 16.4. The molecule has 88 valence electrons. The number of carboxylic acid groups (broad SMARTS) is 1. The Bertz CT molecular complexity index is 358. The largest absolute Gasteiger partial charge is 0.549 e. The van der Waals surface area contributed by atoms with Gasteiger partial charge in [0, 0.05) is 30.2 Å². The summed E-state index contributed by atoms with van der Waals surface area (Å²) in [6.07, 6.45) is 3.17. The molecule has 4 nitrogen and oxygen atoms in total. The predicted molar refractivity (Wildman–Crippen MR) is 58.7 cm³/mol. The average Bonchev–Trinajstić information content (AvgIpc) is 2.17. The van der Waals surface area contributed by atoms with Crippen LogP contribution in [-0.2, 0) is 4.79 Å². The number of carboxylic acids is 1. The van der Waals surface area contributed by atoms with Crippen LogP contribution in [0, 0.1) is 5.92 Å². The van der Waals surface area contributed by atoms with Crippen LogP contribution in [0.25, 0.3) is 0 Å². The van der Waals surface area contributed by atoms with Crippen LogP contribution in [0.4, 0.5) is 0 Å². The number of hydrogen-bond acceptors (Lipinski definition) is 4. The fourth-order valence-corrected chi connectivity index (χ4v) is 1.60. The molecule has 0 N–H and O–H groups in total. The first-order valence-corrected chi connectivity index (χ1v) is 5.46. The number of nitrogens with zero attached hydrogens (tertiary/aromatic N) is 2. The van der Waals surface area contributed by atoms with Crippen molar-refractivity contribution in [2.24, 2.45) is 5.92 Å². The van der Waals surface area contributed by atoms with Crippen LogP contribution in [-0.4, -0.2) is 15.9 Å². The maximum absolute atomic E-state index is 11.0. The molecule has 0 aliphatic carbocycles. The molecule has 0 saturated heterocycles. The molecule has 0 amide bonds. The highest BCUT2D eigenvalue weighted by Gasteiger charge is 2.18. The average molecular weight is 221 g/mol. The second-order valence-corrected chi connectivity index (χ2v) is 4.57. The van der Waals surface area contributed by atoms with Gasteiger partial charge in [0.25, 0.3) is 0 Å². The molecule has 1 aromatic rings. The molecule has 0 bridgehead atoms. The van der Waals surface area contributed by atoms with E-state index in [0.717, 1.165) is 5.82 Å². The van der Waals surface area contributed by atoms with E-state index in [1.807, 2.05) is 27.7 Å². The van der Waals surface area contributed by atoms with Gasteiger partial charge in [-0.3, -0.25) is 0 Å². The van der Waals surface area contributed by atoms with Gasteiger partial charge in [0.2, 0.25) is 0 Å². The lowest BCUT2D eigenvalue weighted by Gasteiger charge is -2.21. The monoisotopic (exact) mass is 221 g/mol. The van der Waals surface area contributed by atoms with Crippen LogP contribution in [0.5, 0.6) is 0 Å². The van der Waals surface area contributed by atoms with Gasteiger partial charge in [0.15, 0.2) is 0 Å². The van der Waals surface area contributed by atoms with E-state index in [2.05, 4.69) is 9.97 Å². The molecule has 1 rings (SSSR count). The van der Waals surface area contributed by atoms with E-state index in [1.54, 1.807) is 12.4 Å². The molecule has 1 atom stereocenters. The lowest BCUT2D eigenvalue weighted by Crippen LogP contribution is -2.32. The number of aromatic nitrogens is 2. The van der Waals surface area contributed by atoms with E-state index in [4.69, 9.17) is 0 Å². The van der Waals surface area contributed by atoms with E-state index < -0.39 is 11.9 Å². The van der Waals surface area contributed by atoms with Crippen molar-refractivity contribution in [3.8, 4) is 0 Å². The van der Waals surface area contributed by atoms with Gasteiger partial charge >= 0.3 is 0 Å². The fraction of sp³-hybridized carbons (Fsp3) is 0.583. The lowest BCUT2D eigenvalue weighted by atomic mass is 9.90. The van der Waals surface area contributed by atoms with Gasteiger partial charge < -0.3 is 9.90 Å². The number of aliphatic carboxylic acids is 1. The minimum Gasteiger partial charge on any atom is -0.549 e. The Labute approximate surface area is 95.7 Å². The second kappa shape index (κ2) is 5.05. The molecule has 4 heteroatoms. The van der Waals surface area contributed by atoms with Crippen molar-refractivity contribution in [3.63, 3.8) is 0 Å². The maximum Gasteiger partial charge on any atom is 0.130 e. The van der Waals surface area contributed by atoms with Gasteiger partial charge in [0.1, 0.15) is 5.82 Å². The minimum absolute atomic E-state index is 0.0292. The summed E-state index contributed by atoms with van der Waals surface area (Å²) in [7, 11) is 0. The molecular formula is C12H17N2O2-. The van der Waals surface area contributed by atoms with Crippen LogP contribution in [0.15, 0.2) is 12.4 Å². The number of carbonyl (C=O) groups is 1. The Morgan fingerprint density at radius 3 is 2.00 bits per heavy atom. The third-order valence-electron chi connectivity index (χ3n) is 2.49. The summed E-state index contributed by atoms with van der Waals surface area (Å²) in [4.78, 5) is 19.3. The SMILES string of the molecule is CC(C)c1ncc(C(C(=O)[O-])C(C)C)cn1. The standard InChI is InChI=1S/C12H18N2O2/c1-7(2)10(12(15)16)9-5-13-11(8(3)4)14-6-9/h5-8,10H,1-4H3,(H,15,16)/p-1. The highest BCUT2D eigenvalue weighted by Crippen LogP contribution is 2.23. The number of carbonyl (C=O) groups excluding carboxylic acids is 1. The van der Waals surface area contributed by atoms with Gasteiger partial charge in [-0.2, -0.15) is 0 Å². The van der Waals surface area contributed by atoms with E-state index >= 15 is 0 Å². The van der Waals surface area contributed by atoms with Gasteiger partial charge in [-0.25, -0.2) is 9.97 Å². The first kappa shape index (κ1) is 12.6. The summed E-state index contributed by atoms with van der Waals surface area (Å²) in [6, 6.07) is 0. The second-order valence-electron chi connectivity index (χ2n) is 4.57. The van der Waals surface area contributed by atoms with E-state index in [9.17, 15) is 9.90 Å². The zero-order chi connectivity index (χ0) is 12.3. The summed E-state index contributed by atoms with van der Waals surface area (Å²) in [6.45, 7) is 7.68. The van der Waals surface area contributed by atoms with Gasteiger partial charge in [-0.05, 0) is 11.5 Å². The number of hydrogen-bond donors (Lipinski definition) is 0. The predicted octanol–water partition coefficient (Wildman–Crippen LogP) is 1.09. The molecular weight excluding hydrogens is 204 g/mol. The molecule has 0 spiro atoms. The van der Waals surface area contributed by atoms with Crippen LogP contribution in [0.1, 0.15) is 50.9 Å². The molecule has 1 unspecified atom stereocenters. The molecule has 0 fully saturated rings. The number of rotatable bonds is 4. The van der Waals surface area contributed by atoms with Crippen molar-refractivity contribution in [1.29, 1.82) is 0 Å². The van der Waals surface area contributed by atoms with Crippen LogP contribution in [0.3, 0.4) is 0 Å². The topological polar surface area (TPSA) is 65.9 Å². The zero-order valence-corrected chi connectivity index (χ0v) is 10.1. The molecule has 0 aliphatic heterocycles. The molecule has 0 aliphatic rings. The first-order valence-electron chi connectivity index (χ1n) is 5.46.